The van der Waals surface area contributed by atoms with Gasteiger partial charge in [-0.15, -0.1) is 0 Å². The molecule has 1 aliphatic rings. The van der Waals surface area contributed by atoms with E-state index in [0.717, 1.165) is 31.5 Å². The lowest BCUT2D eigenvalue weighted by molar-refractivity contribution is 0.241. The van der Waals surface area contributed by atoms with Gasteiger partial charge in [0.25, 0.3) is 0 Å². The summed E-state index contributed by atoms with van der Waals surface area (Å²) in [6.45, 7) is 6.41. The van der Waals surface area contributed by atoms with Crippen molar-refractivity contribution in [3.8, 4) is 0 Å². The van der Waals surface area contributed by atoms with Crippen LogP contribution < -0.4 is 5.32 Å². The van der Waals surface area contributed by atoms with Gasteiger partial charge >= 0.3 is 0 Å². The van der Waals surface area contributed by atoms with Crippen LogP contribution in [-0.4, -0.2) is 13.1 Å². The summed E-state index contributed by atoms with van der Waals surface area (Å²) in [5, 5.41) is 3.48. The molecule has 112 valence electrons. The highest BCUT2D eigenvalue weighted by atomic mass is 19.2. The molecule has 3 heteroatoms. The van der Waals surface area contributed by atoms with Crippen molar-refractivity contribution >= 4 is 0 Å². The van der Waals surface area contributed by atoms with Gasteiger partial charge in [-0.25, -0.2) is 8.78 Å². The van der Waals surface area contributed by atoms with Crippen LogP contribution in [0.3, 0.4) is 0 Å². The van der Waals surface area contributed by atoms with Crippen LogP contribution in [0.5, 0.6) is 0 Å². The highest BCUT2D eigenvalue weighted by Gasteiger charge is 2.29. The van der Waals surface area contributed by atoms with E-state index in [1.807, 2.05) is 0 Å². The van der Waals surface area contributed by atoms with Crippen LogP contribution in [0.4, 0.5) is 8.78 Å². The van der Waals surface area contributed by atoms with Crippen molar-refractivity contribution < 1.29 is 8.78 Å². The Morgan fingerprint density at radius 3 is 2.70 bits per heavy atom. The Morgan fingerprint density at radius 1 is 1.20 bits per heavy atom. The zero-order valence-corrected chi connectivity index (χ0v) is 12.5. The standard InChI is InChI=1S/C17H25F2N/c1-3-8-20-11-14-5-4-12(2)9-15(14)13-6-7-16(18)17(19)10-13/h6-7,10,12,14-15,20H,3-5,8-9,11H2,1-2H3. The normalized spacial score (nSPS) is 26.7. The maximum Gasteiger partial charge on any atom is 0.159 e. The van der Waals surface area contributed by atoms with Gasteiger partial charge in [-0.3, -0.25) is 0 Å². The molecule has 0 aliphatic heterocycles. The molecule has 0 bridgehead atoms. The van der Waals surface area contributed by atoms with Gasteiger partial charge in [0, 0.05) is 0 Å². The molecule has 0 amide bonds. The molecule has 0 saturated heterocycles. The molecule has 3 atom stereocenters. The van der Waals surface area contributed by atoms with Crippen LogP contribution in [-0.2, 0) is 0 Å². The smallest absolute Gasteiger partial charge is 0.159 e. The van der Waals surface area contributed by atoms with Gasteiger partial charge in [-0.1, -0.05) is 26.3 Å². The number of hydrogen-bond donors (Lipinski definition) is 1. The molecule has 0 spiro atoms. The molecule has 0 heterocycles. The fraction of sp³-hybridized carbons (Fsp3) is 0.647. The SMILES string of the molecule is CCCNCC1CCC(C)CC1c1ccc(F)c(F)c1. The molecule has 3 unspecified atom stereocenters. The topological polar surface area (TPSA) is 12.0 Å². The van der Waals surface area contributed by atoms with Gasteiger partial charge in [-0.2, -0.15) is 0 Å². The third-order valence-electron chi connectivity index (χ3n) is 4.46. The molecular formula is C17H25F2N. The Balaban J connectivity index is 2.12. The third-order valence-corrected chi connectivity index (χ3v) is 4.46. The molecule has 1 N–H and O–H groups in total. The van der Waals surface area contributed by atoms with E-state index in [0.29, 0.717) is 17.8 Å². The summed E-state index contributed by atoms with van der Waals surface area (Å²) in [4.78, 5) is 0. The number of rotatable bonds is 5. The second-order valence-corrected chi connectivity index (χ2v) is 6.16. The zero-order chi connectivity index (χ0) is 14.5. The minimum atomic E-state index is -0.752. The van der Waals surface area contributed by atoms with E-state index < -0.39 is 11.6 Å². The minimum absolute atomic E-state index is 0.346. The average Bonchev–Trinajstić information content (AvgIpc) is 2.44. The highest BCUT2D eigenvalue weighted by Crippen LogP contribution is 2.40. The first-order valence-corrected chi connectivity index (χ1v) is 7.77. The van der Waals surface area contributed by atoms with E-state index in [4.69, 9.17) is 0 Å². The molecule has 1 fully saturated rings. The summed E-state index contributed by atoms with van der Waals surface area (Å²) in [5.41, 5.74) is 0.957. The second-order valence-electron chi connectivity index (χ2n) is 6.16. The molecule has 20 heavy (non-hydrogen) atoms. The van der Waals surface area contributed by atoms with Crippen molar-refractivity contribution in [1.82, 2.24) is 5.32 Å². The lowest BCUT2D eigenvalue weighted by Crippen LogP contribution is -2.32. The van der Waals surface area contributed by atoms with Crippen molar-refractivity contribution in [1.29, 1.82) is 0 Å². The fourth-order valence-electron chi connectivity index (χ4n) is 3.30. The number of halogens is 2. The largest absolute Gasteiger partial charge is 0.316 e. The number of hydrogen-bond acceptors (Lipinski definition) is 1. The molecule has 0 radical (unpaired) electrons. The van der Waals surface area contributed by atoms with Crippen molar-refractivity contribution in [2.24, 2.45) is 11.8 Å². The molecule has 1 aromatic carbocycles. The van der Waals surface area contributed by atoms with E-state index in [9.17, 15) is 8.78 Å². The Hall–Kier alpha value is -0.960. The zero-order valence-electron chi connectivity index (χ0n) is 12.5. The molecule has 1 nitrogen and oxygen atoms in total. The summed E-state index contributed by atoms with van der Waals surface area (Å²) in [7, 11) is 0. The van der Waals surface area contributed by atoms with Gasteiger partial charge in [0.15, 0.2) is 11.6 Å². The summed E-state index contributed by atoms with van der Waals surface area (Å²) in [6.07, 6.45) is 4.60. The van der Waals surface area contributed by atoms with Crippen LogP contribution in [0.25, 0.3) is 0 Å². The van der Waals surface area contributed by atoms with E-state index in [1.54, 1.807) is 6.07 Å². The van der Waals surface area contributed by atoms with Crippen LogP contribution in [0.2, 0.25) is 0 Å². The quantitative estimate of drug-likeness (QED) is 0.784. The molecule has 1 saturated carbocycles. The summed E-state index contributed by atoms with van der Waals surface area (Å²) in [6, 6.07) is 4.42. The highest BCUT2D eigenvalue weighted by molar-refractivity contribution is 5.23. The maximum atomic E-state index is 13.5. The van der Waals surface area contributed by atoms with Crippen molar-refractivity contribution in [3.05, 3.63) is 35.4 Å². The Labute approximate surface area is 120 Å². The number of benzene rings is 1. The fourth-order valence-corrected chi connectivity index (χ4v) is 3.30. The van der Waals surface area contributed by atoms with Crippen LogP contribution in [0.1, 0.15) is 51.0 Å². The Morgan fingerprint density at radius 2 is 2.00 bits per heavy atom. The first-order valence-electron chi connectivity index (χ1n) is 7.77. The predicted octanol–water partition coefficient (Wildman–Crippen LogP) is 4.48. The Bertz CT molecular complexity index is 433. The van der Waals surface area contributed by atoms with Crippen LogP contribution >= 0.6 is 0 Å². The number of nitrogens with one attached hydrogen (secondary N) is 1. The molecule has 0 aromatic heterocycles. The first kappa shape index (κ1) is 15.4. The van der Waals surface area contributed by atoms with Crippen molar-refractivity contribution in [3.63, 3.8) is 0 Å². The van der Waals surface area contributed by atoms with Crippen LogP contribution in [0, 0.1) is 23.5 Å². The lowest BCUT2D eigenvalue weighted by atomic mass is 9.71. The lowest BCUT2D eigenvalue weighted by Gasteiger charge is -2.35. The first-order chi connectivity index (χ1) is 9.61. The maximum absolute atomic E-state index is 13.5. The second kappa shape index (κ2) is 7.16. The minimum Gasteiger partial charge on any atom is -0.316 e. The Kier molecular flexibility index (Phi) is 5.53. The predicted molar refractivity (Wildman–Crippen MR) is 78.8 cm³/mol. The van der Waals surface area contributed by atoms with E-state index in [1.165, 1.54) is 25.0 Å². The summed E-state index contributed by atoms with van der Waals surface area (Å²) < 4.78 is 26.6. The molecule has 1 aromatic rings. The third kappa shape index (κ3) is 3.78. The summed E-state index contributed by atoms with van der Waals surface area (Å²) >= 11 is 0. The molecule has 1 aliphatic carbocycles. The van der Waals surface area contributed by atoms with Gasteiger partial charge in [0.2, 0.25) is 0 Å². The van der Waals surface area contributed by atoms with Gasteiger partial charge in [0.1, 0.15) is 0 Å². The van der Waals surface area contributed by atoms with E-state index in [-0.39, 0.29) is 0 Å². The van der Waals surface area contributed by atoms with Crippen molar-refractivity contribution in [2.45, 2.75) is 45.4 Å². The van der Waals surface area contributed by atoms with Crippen LogP contribution in [0.15, 0.2) is 18.2 Å². The van der Waals surface area contributed by atoms with E-state index >= 15 is 0 Å². The van der Waals surface area contributed by atoms with Gasteiger partial charge < -0.3 is 5.32 Å². The van der Waals surface area contributed by atoms with Gasteiger partial charge in [0.05, 0.1) is 0 Å². The molecular weight excluding hydrogens is 256 g/mol. The average molecular weight is 281 g/mol. The van der Waals surface area contributed by atoms with Crippen molar-refractivity contribution in [2.75, 3.05) is 13.1 Å². The molecule has 2 rings (SSSR count). The van der Waals surface area contributed by atoms with E-state index in [2.05, 4.69) is 19.2 Å². The monoisotopic (exact) mass is 281 g/mol. The van der Waals surface area contributed by atoms with Gasteiger partial charge in [-0.05, 0) is 67.8 Å². The summed E-state index contributed by atoms with van der Waals surface area (Å²) in [5.74, 6) is 0.0654.